The van der Waals surface area contributed by atoms with Crippen molar-refractivity contribution >= 4 is 11.9 Å². The Balaban J connectivity index is 2.42. The van der Waals surface area contributed by atoms with Gasteiger partial charge in [-0.3, -0.25) is 4.79 Å². The lowest BCUT2D eigenvalue weighted by molar-refractivity contribution is -0.157. The molecule has 0 saturated heterocycles. The minimum atomic E-state index is -0.844. The van der Waals surface area contributed by atoms with Gasteiger partial charge in [0.15, 0.2) is 6.61 Å². The fourth-order valence-electron chi connectivity index (χ4n) is 1.55. The van der Waals surface area contributed by atoms with E-state index >= 15 is 0 Å². The molecule has 1 aromatic rings. The number of rotatable bonds is 7. The van der Waals surface area contributed by atoms with Crippen LogP contribution in [0.2, 0.25) is 0 Å². The fourth-order valence-corrected chi connectivity index (χ4v) is 1.55. The van der Waals surface area contributed by atoms with Crippen LogP contribution in [0.4, 0.5) is 0 Å². The number of esters is 2. The molecule has 0 aliphatic heterocycles. The summed E-state index contributed by atoms with van der Waals surface area (Å²) < 4.78 is 20.3. The van der Waals surface area contributed by atoms with Crippen molar-refractivity contribution in [3.8, 4) is 11.5 Å². The Morgan fingerprint density at radius 3 is 2.09 bits per heavy atom. The van der Waals surface area contributed by atoms with Crippen LogP contribution in [0.15, 0.2) is 24.3 Å². The van der Waals surface area contributed by atoms with E-state index < -0.39 is 23.6 Å². The van der Waals surface area contributed by atoms with Crippen molar-refractivity contribution in [1.82, 2.24) is 0 Å². The van der Waals surface area contributed by atoms with Crippen LogP contribution in [0, 0.1) is 0 Å². The van der Waals surface area contributed by atoms with Crippen LogP contribution >= 0.6 is 0 Å². The summed E-state index contributed by atoms with van der Waals surface area (Å²) in [5.41, 5.74) is 5.02. The van der Waals surface area contributed by atoms with Gasteiger partial charge >= 0.3 is 11.9 Å². The first-order valence-corrected chi connectivity index (χ1v) is 7.12. The predicted molar refractivity (Wildman–Crippen MR) is 83.3 cm³/mol. The summed E-state index contributed by atoms with van der Waals surface area (Å²) in [5, 5.41) is 0. The highest BCUT2D eigenvalue weighted by Crippen LogP contribution is 2.18. The third kappa shape index (κ3) is 7.51. The molecule has 0 aliphatic rings. The summed E-state index contributed by atoms with van der Waals surface area (Å²) in [6.45, 7) is 5.19. The van der Waals surface area contributed by atoms with Crippen molar-refractivity contribution in [3.63, 3.8) is 0 Å². The van der Waals surface area contributed by atoms with E-state index in [2.05, 4.69) is 4.74 Å². The van der Waals surface area contributed by atoms with E-state index in [1.165, 1.54) is 7.11 Å². The van der Waals surface area contributed by atoms with Gasteiger partial charge in [0.2, 0.25) is 0 Å². The summed E-state index contributed by atoms with van der Waals surface area (Å²) >= 11 is 0. The highest BCUT2D eigenvalue weighted by molar-refractivity contribution is 5.75. The van der Waals surface area contributed by atoms with Crippen LogP contribution in [0.1, 0.15) is 20.8 Å². The molecular formula is C16H23NO6. The highest BCUT2D eigenvalue weighted by Gasteiger charge is 2.17. The third-order valence-corrected chi connectivity index (χ3v) is 2.53. The van der Waals surface area contributed by atoms with Crippen molar-refractivity contribution in [1.29, 1.82) is 0 Å². The van der Waals surface area contributed by atoms with Crippen LogP contribution in [0.5, 0.6) is 11.5 Å². The van der Waals surface area contributed by atoms with Crippen LogP contribution in [0.25, 0.3) is 0 Å². The molecule has 1 atom stereocenters. The molecule has 0 fully saturated rings. The molecule has 7 heteroatoms. The standard InChI is InChI=1S/C16H23NO6/c1-16(2,3)23-14(18)10-22-12-7-5-11(6-8-12)21-9-13(17)15(19)20-4/h5-8,13H,9-10,17H2,1-4H3. The molecule has 0 heterocycles. The van der Waals surface area contributed by atoms with Crippen LogP contribution < -0.4 is 15.2 Å². The number of ether oxygens (including phenoxy) is 4. The Kier molecular flexibility index (Phi) is 6.84. The first-order valence-electron chi connectivity index (χ1n) is 7.12. The number of methoxy groups -OCH3 is 1. The molecule has 0 spiro atoms. The summed E-state index contributed by atoms with van der Waals surface area (Å²) in [6, 6.07) is 5.73. The Bertz CT molecular complexity index is 520. The van der Waals surface area contributed by atoms with Gasteiger partial charge in [0.05, 0.1) is 7.11 Å². The van der Waals surface area contributed by atoms with Gasteiger partial charge in [0.25, 0.3) is 0 Å². The minimum Gasteiger partial charge on any atom is -0.491 e. The molecule has 0 aliphatic carbocycles. The second-order valence-electron chi connectivity index (χ2n) is 5.79. The largest absolute Gasteiger partial charge is 0.491 e. The molecule has 128 valence electrons. The van der Waals surface area contributed by atoms with Crippen molar-refractivity contribution in [2.24, 2.45) is 5.73 Å². The highest BCUT2D eigenvalue weighted by atomic mass is 16.6. The van der Waals surface area contributed by atoms with E-state index in [0.29, 0.717) is 11.5 Å². The minimum absolute atomic E-state index is 0.00475. The number of carbonyl (C=O) groups excluding carboxylic acids is 2. The molecule has 1 aromatic carbocycles. The Morgan fingerprint density at radius 1 is 1.09 bits per heavy atom. The summed E-state index contributed by atoms with van der Waals surface area (Å²) in [5.74, 6) is 0.0404. The average molecular weight is 325 g/mol. The van der Waals surface area contributed by atoms with E-state index in [0.717, 1.165) is 0 Å². The topological polar surface area (TPSA) is 97.1 Å². The molecule has 1 rings (SSSR count). The molecule has 23 heavy (non-hydrogen) atoms. The zero-order chi connectivity index (χ0) is 17.5. The maximum atomic E-state index is 11.5. The van der Waals surface area contributed by atoms with Gasteiger partial charge in [-0.05, 0) is 45.0 Å². The zero-order valence-electron chi connectivity index (χ0n) is 13.8. The van der Waals surface area contributed by atoms with Gasteiger partial charge in [-0.1, -0.05) is 0 Å². The molecule has 0 aromatic heterocycles. The van der Waals surface area contributed by atoms with E-state index in [1.807, 2.05) is 0 Å². The number of hydrogen-bond acceptors (Lipinski definition) is 7. The average Bonchev–Trinajstić information content (AvgIpc) is 2.49. The number of nitrogens with two attached hydrogens (primary N) is 1. The summed E-state index contributed by atoms with van der Waals surface area (Å²) in [7, 11) is 1.26. The summed E-state index contributed by atoms with van der Waals surface area (Å²) in [6.07, 6.45) is 0. The molecule has 0 amide bonds. The lowest BCUT2D eigenvalue weighted by Crippen LogP contribution is -2.37. The van der Waals surface area contributed by atoms with Gasteiger partial charge < -0.3 is 24.7 Å². The molecule has 0 radical (unpaired) electrons. The van der Waals surface area contributed by atoms with Gasteiger partial charge in [0, 0.05) is 0 Å². The van der Waals surface area contributed by atoms with E-state index in [1.54, 1.807) is 45.0 Å². The Labute approximate surface area is 135 Å². The monoisotopic (exact) mass is 325 g/mol. The second kappa shape index (κ2) is 8.38. The molecular weight excluding hydrogens is 302 g/mol. The van der Waals surface area contributed by atoms with Crippen molar-refractivity contribution in [2.45, 2.75) is 32.4 Å². The van der Waals surface area contributed by atoms with Crippen LogP contribution in [-0.4, -0.2) is 43.9 Å². The molecule has 0 bridgehead atoms. The normalized spacial score (nSPS) is 12.2. The molecule has 7 nitrogen and oxygen atoms in total. The Morgan fingerprint density at radius 2 is 1.61 bits per heavy atom. The molecule has 1 unspecified atom stereocenters. The summed E-state index contributed by atoms with van der Waals surface area (Å²) in [4.78, 5) is 22.7. The SMILES string of the molecule is COC(=O)C(N)COc1ccc(OCC(=O)OC(C)(C)C)cc1. The fraction of sp³-hybridized carbons (Fsp3) is 0.500. The van der Waals surface area contributed by atoms with E-state index in [-0.39, 0.29) is 13.2 Å². The van der Waals surface area contributed by atoms with Crippen LogP contribution in [-0.2, 0) is 19.1 Å². The molecule has 2 N–H and O–H groups in total. The number of hydrogen-bond donors (Lipinski definition) is 1. The lowest BCUT2D eigenvalue weighted by Gasteiger charge is -2.19. The molecule has 0 saturated carbocycles. The quantitative estimate of drug-likeness (QED) is 0.754. The van der Waals surface area contributed by atoms with Gasteiger partial charge in [0.1, 0.15) is 29.7 Å². The Hall–Kier alpha value is -2.28. The first-order chi connectivity index (χ1) is 10.7. The lowest BCUT2D eigenvalue weighted by atomic mass is 10.2. The zero-order valence-corrected chi connectivity index (χ0v) is 13.8. The second-order valence-corrected chi connectivity index (χ2v) is 5.79. The first kappa shape index (κ1) is 18.8. The van der Waals surface area contributed by atoms with Gasteiger partial charge in [-0.25, -0.2) is 4.79 Å². The van der Waals surface area contributed by atoms with Crippen LogP contribution in [0.3, 0.4) is 0 Å². The van der Waals surface area contributed by atoms with Crippen molar-refractivity contribution < 1.29 is 28.5 Å². The number of carbonyl (C=O) groups is 2. The maximum absolute atomic E-state index is 11.5. The number of benzene rings is 1. The predicted octanol–water partition coefficient (Wildman–Crippen LogP) is 1.29. The van der Waals surface area contributed by atoms with Gasteiger partial charge in [-0.2, -0.15) is 0 Å². The van der Waals surface area contributed by atoms with Gasteiger partial charge in [-0.15, -0.1) is 0 Å². The van der Waals surface area contributed by atoms with Crippen molar-refractivity contribution in [3.05, 3.63) is 24.3 Å². The smallest absolute Gasteiger partial charge is 0.344 e. The third-order valence-electron chi connectivity index (χ3n) is 2.53. The van der Waals surface area contributed by atoms with E-state index in [9.17, 15) is 9.59 Å². The van der Waals surface area contributed by atoms with Crippen molar-refractivity contribution in [2.75, 3.05) is 20.3 Å². The maximum Gasteiger partial charge on any atom is 0.344 e. The van der Waals surface area contributed by atoms with E-state index in [4.69, 9.17) is 19.9 Å².